The molecule has 0 radical (unpaired) electrons. The van der Waals surface area contributed by atoms with E-state index < -0.39 is 12.0 Å². The third-order valence-electron chi connectivity index (χ3n) is 3.29. The molecule has 0 saturated carbocycles. The van der Waals surface area contributed by atoms with Gasteiger partial charge in [-0.2, -0.15) is 0 Å². The van der Waals surface area contributed by atoms with Crippen LogP contribution in [0.1, 0.15) is 24.0 Å². The zero-order valence-electron chi connectivity index (χ0n) is 9.82. The largest absolute Gasteiger partial charge is 0.480 e. The number of aliphatic carboxylic acids is 1. The molecule has 0 bridgehead atoms. The van der Waals surface area contributed by atoms with Gasteiger partial charge in [0.05, 0.1) is 0 Å². The summed E-state index contributed by atoms with van der Waals surface area (Å²) in [6.07, 6.45) is 1.52. The van der Waals surface area contributed by atoms with Gasteiger partial charge in [-0.3, -0.25) is 9.69 Å². The van der Waals surface area contributed by atoms with Crippen LogP contribution in [0.4, 0.5) is 4.39 Å². The quantitative estimate of drug-likeness (QED) is 0.876. The maximum atomic E-state index is 13.8. The number of halogens is 1. The third-order valence-corrected chi connectivity index (χ3v) is 3.29. The fraction of sp³-hybridized carbons (Fsp3) is 0.462. The Balaban J connectivity index is 2.15. The van der Waals surface area contributed by atoms with Crippen LogP contribution >= 0.6 is 0 Å². The summed E-state index contributed by atoms with van der Waals surface area (Å²) in [6, 6.07) is 4.78. The molecule has 1 aliphatic rings. The second kappa shape index (κ2) is 4.84. The molecule has 0 aliphatic carbocycles. The average molecular weight is 237 g/mol. The van der Waals surface area contributed by atoms with E-state index in [1.54, 1.807) is 25.1 Å². The second-order valence-electron chi connectivity index (χ2n) is 4.51. The van der Waals surface area contributed by atoms with Gasteiger partial charge in [-0.05, 0) is 31.9 Å². The highest BCUT2D eigenvalue weighted by Crippen LogP contribution is 2.22. The fourth-order valence-electron chi connectivity index (χ4n) is 2.34. The van der Waals surface area contributed by atoms with Gasteiger partial charge >= 0.3 is 5.97 Å². The summed E-state index contributed by atoms with van der Waals surface area (Å²) in [5, 5.41) is 9.05. The predicted molar refractivity (Wildman–Crippen MR) is 62.2 cm³/mol. The summed E-state index contributed by atoms with van der Waals surface area (Å²) >= 11 is 0. The Bertz CT molecular complexity index is 433. The van der Waals surface area contributed by atoms with Gasteiger partial charge < -0.3 is 5.11 Å². The van der Waals surface area contributed by atoms with Crippen molar-refractivity contribution in [1.29, 1.82) is 0 Å². The van der Waals surface area contributed by atoms with E-state index in [4.69, 9.17) is 5.11 Å². The molecule has 1 aromatic rings. The molecule has 1 aromatic carbocycles. The molecular formula is C13H16FNO2. The zero-order valence-corrected chi connectivity index (χ0v) is 9.82. The van der Waals surface area contributed by atoms with Crippen LogP contribution in [-0.2, 0) is 11.3 Å². The van der Waals surface area contributed by atoms with E-state index in [1.165, 1.54) is 0 Å². The first-order valence-corrected chi connectivity index (χ1v) is 5.80. The molecule has 1 aliphatic heterocycles. The minimum atomic E-state index is -0.810. The smallest absolute Gasteiger partial charge is 0.320 e. The van der Waals surface area contributed by atoms with Crippen molar-refractivity contribution in [3.63, 3.8) is 0 Å². The molecule has 0 spiro atoms. The highest BCUT2D eigenvalue weighted by molar-refractivity contribution is 5.73. The molecule has 2 rings (SSSR count). The first kappa shape index (κ1) is 12.0. The average Bonchev–Trinajstić information content (AvgIpc) is 2.73. The molecule has 0 amide bonds. The molecule has 4 heteroatoms. The third kappa shape index (κ3) is 2.47. The van der Waals surface area contributed by atoms with Crippen LogP contribution in [0.3, 0.4) is 0 Å². The molecule has 1 atom stereocenters. The van der Waals surface area contributed by atoms with Crippen LogP contribution in [0.2, 0.25) is 0 Å². The van der Waals surface area contributed by atoms with Gasteiger partial charge in [0.1, 0.15) is 11.9 Å². The van der Waals surface area contributed by atoms with Crippen molar-refractivity contribution >= 4 is 5.97 Å². The topological polar surface area (TPSA) is 40.5 Å². The van der Waals surface area contributed by atoms with Crippen molar-refractivity contribution in [2.24, 2.45) is 0 Å². The van der Waals surface area contributed by atoms with E-state index in [2.05, 4.69) is 0 Å². The number of likely N-dealkylation sites (tertiary alicyclic amines) is 1. The Labute approximate surface area is 99.9 Å². The Kier molecular flexibility index (Phi) is 3.43. The minimum Gasteiger partial charge on any atom is -0.480 e. The standard InChI is InChI=1S/C13H16FNO2/c1-9-4-2-5-10(12(9)14)8-15-7-3-6-11(15)13(16)17/h2,4-5,11H,3,6-8H2,1H3,(H,16,17). The fourth-order valence-corrected chi connectivity index (χ4v) is 2.34. The molecule has 17 heavy (non-hydrogen) atoms. The molecular weight excluding hydrogens is 221 g/mol. The van der Waals surface area contributed by atoms with E-state index >= 15 is 0 Å². The lowest BCUT2D eigenvalue weighted by Crippen LogP contribution is -2.35. The van der Waals surface area contributed by atoms with Gasteiger partial charge in [0.2, 0.25) is 0 Å². The second-order valence-corrected chi connectivity index (χ2v) is 4.51. The summed E-state index contributed by atoms with van der Waals surface area (Å²) in [6.45, 7) is 2.83. The molecule has 1 saturated heterocycles. The van der Waals surface area contributed by atoms with Crippen molar-refractivity contribution in [1.82, 2.24) is 4.90 Å². The summed E-state index contributed by atoms with van der Waals surface area (Å²) in [5.74, 6) is -1.03. The van der Waals surface area contributed by atoms with Crippen LogP contribution < -0.4 is 0 Å². The van der Waals surface area contributed by atoms with Gasteiger partial charge in [-0.1, -0.05) is 18.2 Å². The molecule has 1 unspecified atom stereocenters. The summed E-state index contributed by atoms with van der Waals surface area (Å²) in [5.41, 5.74) is 1.19. The van der Waals surface area contributed by atoms with Crippen molar-refractivity contribution in [3.05, 3.63) is 35.1 Å². The van der Waals surface area contributed by atoms with Crippen LogP contribution in [-0.4, -0.2) is 28.6 Å². The van der Waals surface area contributed by atoms with Gasteiger partial charge in [0.25, 0.3) is 0 Å². The lowest BCUT2D eigenvalue weighted by atomic mass is 10.1. The number of carboxylic acids is 1. The van der Waals surface area contributed by atoms with Crippen LogP contribution in [0, 0.1) is 12.7 Å². The van der Waals surface area contributed by atoms with Gasteiger partial charge in [0.15, 0.2) is 0 Å². The van der Waals surface area contributed by atoms with Crippen LogP contribution in [0.25, 0.3) is 0 Å². The number of hydrogen-bond acceptors (Lipinski definition) is 2. The number of hydrogen-bond donors (Lipinski definition) is 1. The first-order valence-electron chi connectivity index (χ1n) is 5.80. The predicted octanol–water partition coefficient (Wildman–Crippen LogP) is 2.18. The first-order chi connectivity index (χ1) is 8.09. The number of nitrogens with zero attached hydrogens (tertiary/aromatic N) is 1. The SMILES string of the molecule is Cc1cccc(CN2CCCC2C(=O)O)c1F. The Morgan fingerprint density at radius 3 is 3.06 bits per heavy atom. The molecule has 0 aromatic heterocycles. The van der Waals surface area contributed by atoms with Crippen molar-refractivity contribution in [3.8, 4) is 0 Å². The highest BCUT2D eigenvalue weighted by atomic mass is 19.1. The lowest BCUT2D eigenvalue weighted by molar-refractivity contribution is -0.142. The van der Waals surface area contributed by atoms with E-state index in [0.717, 1.165) is 13.0 Å². The highest BCUT2D eigenvalue weighted by Gasteiger charge is 2.30. The minimum absolute atomic E-state index is 0.219. The molecule has 1 heterocycles. The Hall–Kier alpha value is -1.42. The van der Waals surface area contributed by atoms with E-state index in [0.29, 0.717) is 24.1 Å². The summed E-state index contributed by atoms with van der Waals surface area (Å²) in [7, 11) is 0. The van der Waals surface area contributed by atoms with Gasteiger partial charge in [-0.25, -0.2) is 4.39 Å². The van der Waals surface area contributed by atoms with E-state index in [9.17, 15) is 9.18 Å². The summed E-state index contributed by atoms with van der Waals surface area (Å²) < 4.78 is 13.8. The van der Waals surface area contributed by atoms with Crippen LogP contribution in [0.15, 0.2) is 18.2 Å². The number of benzene rings is 1. The number of rotatable bonds is 3. The molecule has 1 N–H and O–H groups in total. The van der Waals surface area contributed by atoms with Crippen molar-refractivity contribution < 1.29 is 14.3 Å². The van der Waals surface area contributed by atoms with E-state index in [1.807, 2.05) is 4.90 Å². The van der Waals surface area contributed by atoms with Crippen molar-refractivity contribution in [2.45, 2.75) is 32.4 Å². The summed E-state index contributed by atoms with van der Waals surface area (Å²) in [4.78, 5) is 12.9. The lowest BCUT2D eigenvalue weighted by Gasteiger charge is -2.21. The van der Waals surface area contributed by atoms with Crippen LogP contribution in [0.5, 0.6) is 0 Å². The normalized spacial score (nSPS) is 20.7. The Morgan fingerprint density at radius 1 is 1.59 bits per heavy atom. The molecule has 1 fully saturated rings. The Morgan fingerprint density at radius 2 is 2.35 bits per heavy atom. The van der Waals surface area contributed by atoms with Gasteiger partial charge in [-0.15, -0.1) is 0 Å². The zero-order chi connectivity index (χ0) is 12.4. The number of aryl methyl sites for hydroxylation is 1. The number of carboxylic acid groups (broad SMARTS) is 1. The maximum Gasteiger partial charge on any atom is 0.320 e. The molecule has 3 nitrogen and oxygen atoms in total. The molecule has 92 valence electrons. The van der Waals surface area contributed by atoms with Gasteiger partial charge in [0, 0.05) is 12.1 Å². The maximum absolute atomic E-state index is 13.8. The number of carbonyl (C=O) groups is 1. The monoisotopic (exact) mass is 237 g/mol. The van der Waals surface area contributed by atoms with E-state index in [-0.39, 0.29) is 5.82 Å². The van der Waals surface area contributed by atoms with Crippen molar-refractivity contribution in [2.75, 3.05) is 6.54 Å².